The quantitative estimate of drug-likeness (QED) is 0.838. The topological polar surface area (TPSA) is 36.4 Å². The summed E-state index contributed by atoms with van der Waals surface area (Å²) >= 11 is 1.63. The second kappa shape index (κ2) is 4.10. The van der Waals surface area contributed by atoms with Crippen molar-refractivity contribution in [2.45, 2.75) is 27.4 Å². The molecule has 84 valence electrons. The first-order chi connectivity index (χ1) is 7.11. The Labute approximate surface area is 94.8 Å². The highest BCUT2D eigenvalue weighted by atomic mass is 32.1. The Hall–Kier alpha value is -0.610. The third kappa shape index (κ3) is 2.01. The van der Waals surface area contributed by atoms with Crippen LogP contribution in [0, 0.1) is 18.8 Å². The van der Waals surface area contributed by atoms with Crippen molar-refractivity contribution in [1.82, 2.24) is 4.98 Å². The molecule has 0 radical (unpaired) electrons. The fourth-order valence-corrected chi connectivity index (χ4v) is 2.92. The molecule has 0 spiro atoms. The van der Waals surface area contributed by atoms with E-state index in [9.17, 15) is 0 Å². The van der Waals surface area contributed by atoms with Gasteiger partial charge in [0, 0.05) is 13.1 Å². The number of rotatable bonds is 2. The molecule has 0 aromatic carbocycles. The molecule has 1 aromatic heterocycles. The minimum atomic E-state index is 0.114. The first kappa shape index (κ1) is 10.9. The molecular formula is C11H18N2OS. The van der Waals surface area contributed by atoms with Crippen molar-refractivity contribution in [1.29, 1.82) is 0 Å². The maximum atomic E-state index is 9.13. The van der Waals surface area contributed by atoms with Crippen molar-refractivity contribution >= 4 is 16.5 Å². The summed E-state index contributed by atoms with van der Waals surface area (Å²) in [6, 6.07) is 0. The van der Waals surface area contributed by atoms with Gasteiger partial charge in [-0.05, 0) is 18.8 Å². The largest absolute Gasteiger partial charge is 0.391 e. The van der Waals surface area contributed by atoms with Gasteiger partial charge in [-0.25, -0.2) is 4.98 Å². The third-order valence-corrected chi connectivity index (χ3v) is 4.49. The lowest BCUT2D eigenvalue weighted by Gasteiger charge is -2.13. The van der Waals surface area contributed by atoms with E-state index in [1.54, 1.807) is 11.3 Å². The highest BCUT2D eigenvalue weighted by Gasteiger charge is 2.28. The van der Waals surface area contributed by atoms with Gasteiger partial charge in [0.05, 0.1) is 17.2 Å². The molecule has 2 unspecified atom stereocenters. The van der Waals surface area contributed by atoms with E-state index < -0.39 is 0 Å². The lowest BCUT2D eigenvalue weighted by Crippen LogP contribution is -2.19. The maximum Gasteiger partial charge on any atom is 0.185 e. The monoisotopic (exact) mass is 226 g/mol. The summed E-state index contributed by atoms with van der Waals surface area (Å²) in [4.78, 5) is 7.85. The van der Waals surface area contributed by atoms with Gasteiger partial charge in [0.2, 0.25) is 0 Å². The first-order valence-corrected chi connectivity index (χ1v) is 6.25. The molecule has 15 heavy (non-hydrogen) atoms. The number of aryl methyl sites for hydroxylation is 1. The minimum absolute atomic E-state index is 0.114. The lowest BCUT2D eigenvalue weighted by atomic mass is 10.0. The lowest BCUT2D eigenvalue weighted by molar-refractivity contribution is 0.284. The fourth-order valence-electron chi connectivity index (χ4n) is 1.98. The Morgan fingerprint density at radius 1 is 1.40 bits per heavy atom. The Morgan fingerprint density at radius 3 is 2.47 bits per heavy atom. The van der Waals surface area contributed by atoms with Gasteiger partial charge in [-0.3, -0.25) is 0 Å². The predicted molar refractivity (Wildman–Crippen MR) is 63.3 cm³/mol. The van der Waals surface area contributed by atoms with Crippen LogP contribution in [0.4, 0.5) is 5.13 Å². The van der Waals surface area contributed by atoms with Crippen LogP contribution in [0.1, 0.15) is 24.4 Å². The second-order valence-corrected chi connectivity index (χ2v) is 5.58. The summed E-state index contributed by atoms with van der Waals surface area (Å²) in [5, 5.41) is 10.2. The van der Waals surface area contributed by atoms with E-state index in [0.717, 1.165) is 40.6 Å². The van der Waals surface area contributed by atoms with Gasteiger partial charge in [0.25, 0.3) is 0 Å². The van der Waals surface area contributed by atoms with Crippen LogP contribution in [-0.4, -0.2) is 23.2 Å². The number of anilines is 1. The molecule has 0 amide bonds. The highest BCUT2D eigenvalue weighted by Crippen LogP contribution is 2.32. The van der Waals surface area contributed by atoms with Crippen LogP contribution in [0.2, 0.25) is 0 Å². The van der Waals surface area contributed by atoms with Gasteiger partial charge >= 0.3 is 0 Å². The molecule has 1 aromatic rings. The van der Waals surface area contributed by atoms with Crippen LogP contribution in [0.25, 0.3) is 0 Å². The Kier molecular flexibility index (Phi) is 2.98. The third-order valence-electron chi connectivity index (χ3n) is 3.28. The van der Waals surface area contributed by atoms with E-state index >= 15 is 0 Å². The van der Waals surface area contributed by atoms with E-state index in [-0.39, 0.29) is 6.61 Å². The van der Waals surface area contributed by atoms with Crippen LogP contribution in [0.5, 0.6) is 0 Å². The average Bonchev–Trinajstić information content (AvgIpc) is 2.71. The molecular weight excluding hydrogens is 208 g/mol. The highest BCUT2D eigenvalue weighted by molar-refractivity contribution is 7.15. The number of aromatic nitrogens is 1. The number of hydrogen-bond donors (Lipinski definition) is 1. The molecule has 0 saturated carbocycles. The molecule has 1 aliphatic heterocycles. The van der Waals surface area contributed by atoms with Gasteiger partial charge in [0.15, 0.2) is 5.13 Å². The zero-order valence-electron chi connectivity index (χ0n) is 9.53. The van der Waals surface area contributed by atoms with E-state index in [4.69, 9.17) is 5.11 Å². The summed E-state index contributed by atoms with van der Waals surface area (Å²) in [5.74, 6) is 1.48. The minimum Gasteiger partial charge on any atom is -0.391 e. The molecule has 1 N–H and O–H groups in total. The van der Waals surface area contributed by atoms with Gasteiger partial charge in [-0.15, -0.1) is 0 Å². The SMILES string of the molecule is Cc1nc(N2CC(C)C(C)C2)sc1CO. The first-order valence-electron chi connectivity index (χ1n) is 5.44. The van der Waals surface area contributed by atoms with Crippen LogP contribution in [0.15, 0.2) is 0 Å². The van der Waals surface area contributed by atoms with Gasteiger partial charge < -0.3 is 10.0 Å². The molecule has 1 fully saturated rings. The molecule has 2 heterocycles. The van der Waals surface area contributed by atoms with Crippen molar-refractivity contribution in [2.75, 3.05) is 18.0 Å². The van der Waals surface area contributed by atoms with Crippen molar-refractivity contribution < 1.29 is 5.11 Å². The summed E-state index contributed by atoms with van der Waals surface area (Å²) in [5.41, 5.74) is 0.977. The molecule has 0 bridgehead atoms. The molecule has 0 aliphatic carbocycles. The molecule has 3 nitrogen and oxygen atoms in total. The average molecular weight is 226 g/mol. The molecule has 1 saturated heterocycles. The van der Waals surface area contributed by atoms with Crippen molar-refractivity contribution in [3.05, 3.63) is 10.6 Å². The number of hydrogen-bond acceptors (Lipinski definition) is 4. The van der Waals surface area contributed by atoms with Gasteiger partial charge in [-0.2, -0.15) is 0 Å². The van der Waals surface area contributed by atoms with Crippen LogP contribution in [-0.2, 0) is 6.61 Å². The van der Waals surface area contributed by atoms with Gasteiger partial charge in [-0.1, -0.05) is 25.2 Å². The van der Waals surface area contributed by atoms with E-state index in [2.05, 4.69) is 23.7 Å². The zero-order valence-corrected chi connectivity index (χ0v) is 10.3. The molecule has 4 heteroatoms. The standard InChI is InChI=1S/C11H18N2OS/c1-7-4-13(5-8(7)2)11-12-9(3)10(6-14)15-11/h7-8,14H,4-6H2,1-3H3. The normalized spacial score (nSPS) is 26.3. The summed E-state index contributed by atoms with van der Waals surface area (Å²) in [6.45, 7) is 8.85. The summed E-state index contributed by atoms with van der Waals surface area (Å²) < 4.78 is 0. The van der Waals surface area contributed by atoms with E-state index in [1.165, 1.54) is 0 Å². The van der Waals surface area contributed by atoms with Crippen molar-refractivity contribution in [3.63, 3.8) is 0 Å². The van der Waals surface area contributed by atoms with Crippen molar-refractivity contribution in [2.24, 2.45) is 11.8 Å². The maximum absolute atomic E-state index is 9.13. The number of aliphatic hydroxyl groups is 1. The molecule has 2 atom stereocenters. The van der Waals surface area contributed by atoms with E-state index in [1.807, 2.05) is 6.92 Å². The van der Waals surface area contributed by atoms with E-state index in [0.29, 0.717) is 0 Å². The Balaban J connectivity index is 2.17. The fraction of sp³-hybridized carbons (Fsp3) is 0.727. The smallest absolute Gasteiger partial charge is 0.185 e. The van der Waals surface area contributed by atoms with Crippen LogP contribution < -0.4 is 4.90 Å². The number of nitrogens with zero attached hydrogens (tertiary/aromatic N) is 2. The Morgan fingerprint density at radius 2 is 2.00 bits per heavy atom. The second-order valence-electron chi connectivity index (χ2n) is 4.52. The molecule has 2 rings (SSSR count). The number of thiazole rings is 1. The summed E-state index contributed by atoms with van der Waals surface area (Å²) in [7, 11) is 0. The number of aliphatic hydroxyl groups excluding tert-OH is 1. The zero-order chi connectivity index (χ0) is 11.0. The summed E-state index contributed by atoms with van der Waals surface area (Å²) in [6.07, 6.45) is 0. The Bertz CT molecular complexity index is 340. The van der Waals surface area contributed by atoms with Crippen LogP contribution in [0.3, 0.4) is 0 Å². The van der Waals surface area contributed by atoms with Crippen molar-refractivity contribution in [3.8, 4) is 0 Å². The van der Waals surface area contributed by atoms with Crippen LogP contribution >= 0.6 is 11.3 Å². The molecule has 1 aliphatic rings. The van der Waals surface area contributed by atoms with Gasteiger partial charge in [0.1, 0.15) is 0 Å². The predicted octanol–water partition coefficient (Wildman–Crippen LogP) is 2.04.